The summed E-state index contributed by atoms with van der Waals surface area (Å²) >= 11 is 0. The average Bonchev–Trinajstić information content (AvgIpc) is 2.86. The first-order valence-electron chi connectivity index (χ1n) is 6.87. The van der Waals surface area contributed by atoms with Crippen molar-refractivity contribution in [1.82, 2.24) is 25.1 Å². The topological polar surface area (TPSA) is 81.9 Å². The van der Waals surface area contributed by atoms with Crippen LogP contribution in [0.1, 0.15) is 28.4 Å². The minimum atomic E-state index is -0.213. The van der Waals surface area contributed by atoms with E-state index in [1.807, 2.05) is 13.1 Å². The van der Waals surface area contributed by atoms with Crippen LogP contribution in [0.3, 0.4) is 0 Å². The molecule has 110 valence electrons. The lowest BCUT2D eigenvalue weighted by Gasteiger charge is -2.24. The Morgan fingerprint density at radius 3 is 3.00 bits per heavy atom. The number of carbonyl (C=O) groups excluding carboxylic acids is 1. The van der Waals surface area contributed by atoms with Gasteiger partial charge in [0, 0.05) is 31.3 Å². The van der Waals surface area contributed by atoms with Crippen molar-refractivity contribution >= 4 is 5.91 Å². The van der Waals surface area contributed by atoms with Crippen molar-refractivity contribution in [3.63, 3.8) is 0 Å². The van der Waals surface area contributed by atoms with Crippen molar-refractivity contribution in [1.29, 1.82) is 0 Å². The van der Waals surface area contributed by atoms with Crippen LogP contribution in [0.4, 0.5) is 0 Å². The first-order valence-corrected chi connectivity index (χ1v) is 6.87. The van der Waals surface area contributed by atoms with Crippen molar-refractivity contribution in [3.05, 3.63) is 35.5 Å². The molecule has 0 fully saturated rings. The van der Waals surface area contributed by atoms with E-state index >= 15 is 0 Å². The molecule has 7 heteroatoms. The van der Waals surface area contributed by atoms with Gasteiger partial charge in [0.05, 0.1) is 12.8 Å². The molecule has 0 bridgehead atoms. The molecule has 3 rings (SSSR count). The maximum absolute atomic E-state index is 12.2. The molecule has 2 aromatic heterocycles. The molecule has 0 saturated heterocycles. The summed E-state index contributed by atoms with van der Waals surface area (Å²) in [5.74, 6) is 1.26. The number of amides is 1. The molecule has 0 aromatic carbocycles. The number of ether oxygens (including phenoxy) is 1. The Balaban J connectivity index is 1.65. The first kappa shape index (κ1) is 13.5. The SMILES string of the molecule is COc1ccc(C(=O)NC2CCc3nc(C)cn3C2)nn1. The Bertz CT molecular complexity index is 650. The zero-order chi connectivity index (χ0) is 14.8. The summed E-state index contributed by atoms with van der Waals surface area (Å²) in [6.07, 6.45) is 3.76. The van der Waals surface area contributed by atoms with E-state index in [-0.39, 0.29) is 11.9 Å². The van der Waals surface area contributed by atoms with Gasteiger partial charge in [0.1, 0.15) is 5.82 Å². The normalized spacial score (nSPS) is 17.1. The molecule has 0 aliphatic carbocycles. The number of aryl methyl sites for hydroxylation is 2. The number of nitrogens with one attached hydrogen (secondary N) is 1. The van der Waals surface area contributed by atoms with E-state index in [2.05, 4.69) is 25.1 Å². The van der Waals surface area contributed by atoms with Crippen LogP contribution in [0.15, 0.2) is 18.3 Å². The molecule has 1 unspecified atom stereocenters. The van der Waals surface area contributed by atoms with E-state index in [1.54, 1.807) is 12.1 Å². The number of imidazole rings is 1. The van der Waals surface area contributed by atoms with Crippen LogP contribution >= 0.6 is 0 Å². The molecule has 0 saturated carbocycles. The van der Waals surface area contributed by atoms with Crippen LogP contribution in [-0.2, 0) is 13.0 Å². The van der Waals surface area contributed by atoms with E-state index in [9.17, 15) is 4.79 Å². The summed E-state index contributed by atoms with van der Waals surface area (Å²) in [6, 6.07) is 3.32. The molecular weight excluding hydrogens is 270 g/mol. The molecule has 0 spiro atoms. The highest BCUT2D eigenvalue weighted by Crippen LogP contribution is 2.15. The van der Waals surface area contributed by atoms with E-state index in [0.29, 0.717) is 11.6 Å². The zero-order valence-electron chi connectivity index (χ0n) is 12.0. The lowest BCUT2D eigenvalue weighted by molar-refractivity contribution is 0.0921. The van der Waals surface area contributed by atoms with Crippen molar-refractivity contribution < 1.29 is 9.53 Å². The second kappa shape index (κ2) is 5.51. The maximum Gasteiger partial charge on any atom is 0.272 e. The minimum absolute atomic E-state index is 0.0856. The maximum atomic E-state index is 12.2. The fraction of sp³-hybridized carbons (Fsp3) is 0.429. The average molecular weight is 287 g/mol. The highest BCUT2D eigenvalue weighted by molar-refractivity contribution is 5.92. The summed E-state index contributed by atoms with van der Waals surface area (Å²) < 4.78 is 7.03. The van der Waals surface area contributed by atoms with Crippen LogP contribution < -0.4 is 10.1 Å². The van der Waals surface area contributed by atoms with E-state index in [0.717, 1.165) is 30.9 Å². The number of rotatable bonds is 3. The van der Waals surface area contributed by atoms with Crippen LogP contribution in [0.25, 0.3) is 0 Å². The molecule has 1 aliphatic heterocycles. The molecular formula is C14H17N5O2. The molecule has 1 aliphatic rings. The zero-order valence-corrected chi connectivity index (χ0v) is 12.0. The molecule has 21 heavy (non-hydrogen) atoms. The van der Waals surface area contributed by atoms with Crippen LogP contribution in [0.2, 0.25) is 0 Å². The molecule has 3 heterocycles. The first-order chi connectivity index (χ1) is 10.2. The summed E-state index contributed by atoms with van der Waals surface area (Å²) in [6.45, 7) is 2.72. The van der Waals surface area contributed by atoms with E-state index in [1.165, 1.54) is 7.11 Å². The van der Waals surface area contributed by atoms with Crippen LogP contribution in [0.5, 0.6) is 5.88 Å². The molecule has 7 nitrogen and oxygen atoms in total. The van der Waals surface area contributed by atoms with Crippen molar-refractivity contribution in [2.24, 2.45) is 0 Å². The quantitative estimate of drug-likeness (QED) is 0.900. The predicted octanol–water partition coefficient (Wildman–Crippen LogP) is 0.735. The summed E-state index contributed by atoms with van der Waals surface area (Å²) in [4.78, 5) is 16.6. The fourth-order valence-corrected chi connectivity index (χ4v) is 2.51. The highest BCUT2D eigenvalue weighted by atomic mass is 16.5. The van der Waals surface area contributed by atoms with Gasteiger partial charge in [-0.25, -0.2) is 4.98 Å². The Hall–Kier alpha value is -2.44. The highest BCUT2D eigenvalue weighted by Gasteiger charge is 2.22. The van der Waals surface area contributed by atoms with Gasteiger partial charge in [-0.05, 0) is 19.4 Å². The predicted molar refractivity (Wildman–Crippen MR) is 75.1 cm³/mol. The number of nitrogens with zero attached hydrogens (tertiary/aromatic N) is 4. The summed E-state index contributed by atoms with van der Waals surface area (Å²) in [7, 11) is 1.51. The standard InChI is InChI=1S/C14H17N5O2/c1-9-7-19-8-10(3-5-12(19)15-9)16-14(20)11-4-6-13(21-2)18-17-11/h4,6-7,10H,3,5,8H2,1-2H3,(H,16,20). The Kier molecular flexibility index (Phi) is 3.55. The van der Waals surface area contributed by atoms with Crippen LogP contribution in [0, 0.1) is 6.92 Å². The third kappa shape index (κ3) is 2.86. The second-order valence-electron chi connectivity index (χ2n) is 5.12. The summed E-state index contributed by atoms with van der Waals surface area (Å²) in [5.41, 5.74) is 1.31. The monoisotopic (exact) mass is 287 g/mol. The van der Waals surface area contributed by atoms with Gasteiger partial charge in [-0.1, -0.05) is 0 Å². The van der Waals surface area contributed by atoms with Crippen molar-refractivity contribution in [2.45, 2.75) is 32.4 Å². The van der Waals surface area contributed by atoms with Gasteiger partial charge < -0.3 is 14.6 Å². The van der Waals surface area contributed by atoms with E-state index in [4.69, 9.17) is 4.74 Å². The number of aromatic nitrogens is 4. The van der Waals surface area contributed by atoms with Gasteiger partial charge in [0.2, 0.25) is 5.88 Å². The molecule has 1 atom stereocenters. The fourth-order valence-electron chi connectivity index (χ4n) is 2.51. The number of carbonyl (C=O) groups is 1. The third-order valence-corrected chi connectivity index (χ3v) is 3.53. The van der Waals surface area contributed by atoms with Gasteiger partial charge in [0.15, 0.2) is 5.69 Å². The third-order valence-electron chi connectivity index (χ3n) is 3.53. The largest absolute Gasteiger partial charge is 0.480 e. The van der Waals surface area contributed by atoms with Gasteiger partial charge in [-0.15, -0.1) is 10.2 Å². The second-order valence-corrected chi connectivity index (χ2v) is 5.12. The van der Waals surface area contributed by atoms with E-state index < -0.39 is 0 Å². The number of hydrogen-bond acceptors (Lipinski definition) is 5. The van der Waals surface area contributed by atoms with Crippen molar-refractivity contribution in [2.75, 3.05) is 7.11 Å². The summed E-state index contributed by atoms with van der Waals surface area (Å²) in [5, 5.41) is 10.7. The van der Waals surface area contributed by atoms with Gasteiger partial charge >= 0.3 is 0 Å². The molecule has 0 radical (unpaired) electrons. The Morgan fingerprint density at radius 1 is 1.43 bits per heavy atom. The number of methoxy groups -OCH3 is 1. The molecule has 1 N–H and O–H groups in total. The van der Waals surface area contributed by atoms with Gasteiger partial charge in [0.25, 0.3) is 5.91 Å². The smallest absolute Gasteiger partial charge is 0.272 e. The number of hydrogen-bond donors (Lipinski definition) is 1. The molecule has 1 amide bonds. The Morgan fingerprint density at radius 2 is 2.29 bits per heavy atom. The Labute approximate surface area is 122 Å². The number of fused-ring (bicyclic) bond motifs is 1. The lowest BCUT2D eigenvalue weighted by atomic mass is 10.1. The van der Waals surface area contributed by atoms with Gasteiger partial charge in [-0.2, -0.15) is 0 Å². The molecule has 2 aromatic rings. The van der Waals surface area contributed by atoms with Gasteiger partial charge in [-0.3, -0.25) is 4.79 Å². The van der Waals surface area contributed by atoms with Crippen LogP contribution in [-0.4, -0.2) is 38.8 Å². The lowest BCUT2D eigenvalue weighted by Crippen LogP contribution is -2.41. The minimum Gasteiger partial charge on any atom is -0.480 e. The van der Waals surface area contributed by atoms with Crippen molar-refractivity contribution in [3.8, 4) is 5.88 Å².